The normalized spacial score (nSPS) is 11.0. The third-order valence-electron chi connectivity index (χ3n) is 2.81. The summed E-state index contributed by atoms with van der Waals surface area (Å²) < 4.78 is 2.40. The molecule has 3 nitrogen and oxygen atoms in total. The van der Waals surface area contributed by atoms with E-state index in [0.29, 0.717) is 0 Å². The maximum atomic E-state index is 4.61. The minimum absolute atomic E-state index is 0.821. The fourth-order valence-electron chi connectivity index (χ4n) is 1.84. The monoisotopic (exact) mass is 301 g/mol. The van der Waals surface area contributed by atoms with Crippen molar-refractivity contribution in [1.82, 2.24) is 15.3 Å². The maximum absolute atomic E-state index is 4.61. The summed E-state index contributed by atoms with van der Waals surface area (Å²) in [5, 5.41) is 3.40. The van der Waals surface area contributed by atoms with Gasteiger partial charge in [-0.25, -0.2) is 4.98 Å². The number of para-hydroxylation sites is 1. The van der Waals surface area contributed by atoms with Crippen molar-refractivity contribution < 1.29 is 0 Å². The molecule has 0 aliphatic carbocycles. The molecular weight excluding hydrogens is 286 g/mol. The van der Waals surface area contributed by atoms with E-state index in [-0.39, 0.29) is 0 Å². The Morgan fingerprint density at radius 1 is 1.10 bits per heavy atom. The van der Waals surface area contributed by atoms with Gasteiger partial charge in [0.15, 0.2) is 4.34 Å². The second kappa shape index (κ2) is 6.83. The van der Waals surface area contributed by atoms with Gasteiger partial charge in [0.25, 0.3) is 0 Å². The smallest absolute Gasteiger partial charge is 0.151 e. The summed E-state index contributed by atoms with van der Waals surface area (Å²) in [4.78, 5) is 8.89. The first kappa shape index (κ1) is 13.5. The molecule has 2 aromatic heterocycles. The number of aromatic nitrogens is 2. The molecule has 0 saturated heterocycles. The summed E-state index contributed by atoms with van der Waals surface area (Å²) in [6.07, 6.45) is 1.83. The Morgan fingerprint density at radius 3 is 2.85 bits per heavy atom. The van der Waals surface area contributed by atoms with E-state index in [1.807, 2.05) is 30.5 Å². The van der Waals surface area contributed by atoms with Crippen molar-refractivity contribution in [3.8, 4) is 0 Å². The number of nitrogens with one attached hydrogen (secondary N) is 1. The molecule has 0 aliphatic heterocycles. The van der Waals surface area contributed by atoms with Crippen molar-refractivity contribution in [3.63, 3.8) is 0 Å². The lowest BCUT2D eigenvalue weighted by atomic mass is 10.3. The molecule has 0 atom stereocenters. The van der Waals surface area contributed by atoms with Gasteiger partial charge in [-0.15, -0.1) is 11.3 Å². The molecule has 0 saturated carbocycles. The summed E-state index contributed by atoms with van der Waals surface area (Å²) in [7, 11) is 0. The number of hydrogen-bond acceptors (Lipinski definition) is 5. The Labute approximate surface area is 126 Å². The molecule has 5 heteroatoms. The lowest BCUT2D eigenvalue weighted by molar-refractivity contribution is 0.715. The van der Waals surface area contributed by atoms with Gasteiger partial charge in [-0.3, -0.25) is 4.98 Å². The van der Waals surface area contributed by atoms with Gasteiger partial charge in [-0.2, -0.15) is 0 Å². The van der Waals surface area contributed by atoms with Crippen LogP contribution in [0.15, 0.2) is 53.0 Å². The van der Waals surface area contributed by atoms with E-state index in [0.717, 1.165) is 34.4 Å². The van der Waals surface area contributed by atoms with Gasteiger partial charge in [0.2, 0.25) is 0 Å². The minimum Gasteiger partial charge on any atom is -0.310 e. The van der Waals surface area contributed by atoms with Gasteiger partial charge >= 0.3 is 0 Å². The zero-order valence-electron chi connectivity index (χ0n) is 11.0. The molecule has 0 unspecified atom stereocenters. The maximum Gasteiger partial charge on any atom is 0.151 e. The van der Waals surface area contributed by atoms with E-state index < -0.39 is 0 Å². The number of thioether (sulfide) groups is 1. The van der Waals surface area contributed by atoms with Gasteiger partial charge < -0.3 is 5.32 Å². The molecule has 0 radical (unpaired) electrons. The van der Waals surface area contributed by atoms with Crippen LogP contribution in [0.1, 0.15) is 5.69 Å². The van der Waals surface area contributed by atoms with E-state index >= 15 is 0 Å². The SMILES string of the molecule is c1ccc(CNCCSc2nc3ccccc3s2)nc1. The second-order valence-corrected chi connectivity index (χ2v) is 6.67. The first-order valence-electron chi connectivity index (χ1n) is 6.51. The van der Waals surface area contributed by atoms with Crippen LogP contribution in [-0.4, -0.2) is 22.3 Å². The fraction of sp³-hybridized carbons (Fsp3) is 0.200. The lowest BCUT2D eigenvalue weighted by Gasteiger charge is -2.02. The fourth-order valence-corrected chi connectivity index (χ4v) is 3.88. The van der Waals surface area contributed by atoms with Crippen molar-refractivity contribution in [2.75, 3.05) is 12.3 Å². The number of fused-ring (bicyclic) bond motifs is 1. The average Bonchev–Trinajstić information content (AvgIpc) is 2.90. The van der Waals surface area contributed by atoms with Crippen molar-refractivity contribution in [1.29, 1.82) is 0 Å². The first-order valence-corrected chi connectivity index (χ1v) is 8.31. The van der Waals surface area contributed by atoms with Crippen LogP contribution in [0.3, 0.4) is 0 Å². The molecule has 0 spiro atoms. The van der Waals surface area contributed by atoms with Crippen LogP contribution in [0.5, 0.6) is 0 Å². The third kappa shape index (κ3) is 3.56. The van der Waals surface area contributed by atoms with Crippen LogP contribution in [0.2, 0.25) is 0 Å². The molecule has 0 amide bonds. The number of thiazole rings is 1. The standard InChI is InChI=1S/C15H15N3S2/c1-2-7-14-13(6-1)18-15(20-14)19-10-9-16-11-12-5-3-4-8-17-12/h1-8,16H,9-11H2. The topological polar surface area (TPSA) is 37.8 Å². The van der Waals surface area contributed by atoms with Crippen LogP contribution in [-0.2, 0) is 6.54 Å². The Hall–Kier alpha value is -1.43. The summed E-state index contributed by atoms with van der Waals surface area (Å²) in [6.45, 7) is 1.78. The van der Waals surface area contributed by atoms with Gasteiger partial charge in [-0.05, 0) is 24.3 Å². The van der Waals surface area contributed by atoms with Gasteiger partial charge in [-0.1, -0.05) is 30.0 Å². The van der Waals surface area contributed by atoms with Crippen molar-refractivity contribution in [2.24, 2.45) is 0 Å². The zero-order valence-corrected chi connectivity index (χ0v) is 12.6. The number of rotatable bonds is 6. The summed E-state index contributed by atoms with van der Waals surface area (Å²) in [5.41, 5.74) is 2.18. The number of benzene rings is 1. The first-order chi connectivity index (χ1) is 9.92. The Morgan fingerprint density at radius 2 is 2.00 bits per heavy atom. The summed E-state index contributed by atoms with van der Waals surface area (Å²) >= 11 is 3.57. The van der Waals surface area contributed by atoms with Gasteiger partial charge in [0, 0.05) is 25.0 Å². The quantitative estimate of drug-likeness (QED) is 0.558. The van der Waals surface area contributed by atoms with Crippen LogP contribution in [0, 0.1) is 0 Å². The predicted octanol–water partition coefficient (Wildman–Crippen LogP) is 3.57. The molecule has 0 fully saturated rings. The molecule has 2 heterocycles. The Balaban J connectivity index is 1.43. The molecular formula is C15H15N3S2. The Bertz CT molecular complexity index is 634. The average molecular weight is 301 g/mol. The highest BCUT2D eigenvalue weighted by Crippen LogP contribution is 2.28. The summed E-state index contributed by atoms with van der Waals surface area (Å²) in [6, 6.07) is 14.3. The van der Waals surface area contributed by atoms with Crippen LogP contribution >= 0.6 is 23.1 Å². The molecule has 20 heavy (non-hydrogen) atoms. The van der Waals surface area contributed by atoms with Gasteiger partial charge in [0.1, 0.15) is 0 Å². The molecule has 1 aromatic carbocycles. The summed E-state index contributed by atoms with van der Waals surface area (Å²) in [5.74, 6) is 1.02. The molecule has 3 aromatic rings. The number of pyridine rings is 1. The van der Waals surface area contributed by atoms with Crippen LogP contribution < -0.4 is 5.32 Å². The highest BCUT2D eigenvalue weighted by atomic mass is 32.2. The highest BCUT2D eigenvalue weighted by Gasteiger charge is 2.03. The van der Waals surface area contributed by atoms with E-state index in [4.69, 9.17) is 0 Å². The third-order valence-corrected chi connectivity index (χ3v) is 4.99. The minimum atomic E-state index is 0.821. The second-order valence-electron chi connectivity index (χ2n) is 4.29. The largest absolute Gasteiger partial charge is 0.310 e. The highest BCUT2D eigenvalue weighted by molar-refractivity contribution is 8.01. The van der Waals surface area contributed by atoms with Crippen LogP contribution in [0.4, 0.5) is 0 Å². The predicted molar refractivity (Wildman–Crippen MR) is 86.3 cm³/mol. The molecule has 0 aliphatic rings. The Kier molecular flexibility index (Phi) is 4.63. The van der Waals surface area contributed by atoms with Gasteiger partial charge in [0.05, 0.1) is 15.9 Å². The molecule has 102 valence electrons. The molecule has 1 N–H and O–H groups in total. The molecule has 0 bridgehead atoms. The molecule has 3 rings (SSSR count). The van der Waals surface area contributed by atoms with Crippen molar-refractivity contribution in [2.45, 2.75) is 10.9 Å². The number of hydrogen-bond donors (Lipinski definition) is 1. The van der Waals surface area contributed by atoms with E-state index in [9.17, 15) is 0 Å². The number of nitrogens with zero attached hydrogens (tertiary/aromatic N) is 2. The van der Waals surface area contributed by atoms with Crippen molar-refractivity contribution in [3.05, 3.63) is 54.4 Å². The van der Waals surface area contributed by atoms with Crippen LogP contribution in [0.25, 0.3) is 10.2 Å². The zero-order chi connectivity index (χ0) is 13.6. The van der Waals surface area contributed by atoms with Crippen molar-refractivity contribution >= 4 is 33.3 Å². The van der Waals surface area contributed by atoms with E-state index in [1.54, 1.807) is 23.1 Å². The van der Waals surface area contributed by atoms with E-state index in [1.165, 1.54) is 4.70 Å². The van der Waals surface area contributed by atoms with E-state index in [2.05, 4.69) is 33.5 Å². The lowest BCUT2D eigenvalue weighted by Crippen LogP contribution is -2.17.